The summed E-state index contributed by atoms with van der Waals surface area (Å²) in [7, 11) is -1.22. The Labute approximate surface area is 256 Å². The largest absolute Gasteiger partial charge is 0.0776 e. The Hall–Kier alpha value is 0.434. The molecule has 0 saturated carbocycles. The molecule has 0 fully saturated rings. The maximum absolute atomic E-state index is 2.33. The van der Waals surface area contributed by atoms with Crippen molar-refractivity contribution in [2.24, 2.45) is 10.8 Å². The minimum Gasteiger partial charge on any atom is -0.0776 e. The topological polar surface area (TPSA) is 0 Å². The lowest BCUT2D eigenvalue weighted by atomic mass is 10.0. The molecule has 0 rings (SSSR count). The van der Waals surface area contributed by atoms with Crippen LogP contribution in [-0.2, 0) is 0 Å². The van der Waals surface area contributed by atoms with Crippen LogP contribution in [0, 0.1) is 10.8 Å². The van der Waals surface area contributed by atoms with Crippen LogP contribution >= 0.6 is 0 Å². The van der Waals surface area contributed by atoms with Crippen molar-refractivity contribution in [3.63, 3.8) is 0 Å². The van der Waals surface area contributed by atoms with Crippen molar-refractivity contribution < 1.29 is 0 Å². The molecule has 0 heterocycles. The van der Waals surface area contributed by atoms with E-state index in [0.29, 0.717) is 10.8 Å². The Morgan fingerprint density at radius 1 is 0.324 bits per heavy atom. The van der Waals surface area contributed by atoms with E-state index in [1.807, 2.05) is 27.7 Å². The SMILES string of the molecule is C.C.C.C.C.C.C.C.C.C.CC.CC.CC(C)(C)C.CC(C)(C)C.CCC.C[Si](C)(C)C.C[Si](C)(C)C. The molecule has 2 heteroatoms. The zero-order chi connectivity index (χ0) is 24.7. The minimum absolute atomic E-state index is 0. The molecule has 0 bridgehead atoms. The molecular weight excluding hydrogens is 477 g/mol. The fourth-order valence-electron chi connectivity index (χ4n) is 0. The van der Waals surface area contributed by atoms with Crippen LogP contribution in [0.1, 0.15) is 178 Å². The first-order valence-electron chi connectivity index (χ1n) is 11.4. The lowest BCUT2D eigenvalue weighted by molar-refractivity contribution is 0.469. The first-order valence-corrected chi connectivity index (χ1v) is 19.4. The summed E-state index contributed by atoms with van der Waals surface area (Å²) >= 11 is 0. The van der Waals surface area contributed by atoms with Crippen molar-refractivity contribution in [2.75, 3.05) is 0 Å². The van der Waals surface area contributed by atoms with Gasteiger partial charge in [-0.05, 0) is 10.8 Å². The van der Waals surface area contributed by atoms with Gasteiger partial charge in [-0.1, -0.05) is 230 Å². The van der Waals surface area contributed by atoms with E-state index in [-0.39, 0.29) is 74.3 Å². The third-order valence-electron chi connectivity index (χ3n) is 0. The predicted octanol–water partition coefficient (Wildman–Crippen LogP) is 17.8. The van der Waals surface area contributed by atoms with Gasteiger partial charge in [-0.25, -0.2) is 0 Å². The van der Waals surface area contributed by atoms with E-state index >= 15 is 0 Å². The highest BCUT2D eigenvalue weighted by molar-refractivity contribution is 6.75. The van der Waals surface area contributed by atoms with Crippen LogP contribution in [0.15, 0.2) is 0 Å². The summed E-state index contributed by atoms with van der Waals surface area (Å²) in [6, 6.07) is 0. The van der Waals surface area contributed by atoms with E-state index < -0.39 is 16.1 Å². The first-order chi connectivity index (χ1) is 11.4. The Morgan fingerprint density at radius 3 is 0.324 bits per heavy atom. The summed E-state index contributed by atoms with van der Waals surface area (Å²) in [4.78, 5) is 0. The van der Waals surface area contributed by atoms with Crippen LogP contribution < -0.4 is 0 Å². The molecule has 0 spiro atoms. The standard InChI is InChI=1S/2C5H12.2C4H12Si.C3H8.2C2H6.10CH4/c4*1-5(2,3)4;1-3-2;2*1-2;;;;;;;;;;/h4*1-4H3;3H2,1-2H3;2*1-2H3;10*1H4. The number of rotatable bonds is 0. The third kappa shape index (κ3) is 230000. The van der Waals surface area contributed by atoms with Gasteiger partial charge in [-0.2, -0.15) is 0 Å². The second kappa shape index (κ2) is 70.7. The van der Waals surface area contributed by atoms with Gasteiger partial charge in [0.1, 0.15) is 0 Å². The fraction of sp³-hybridized carbons (Fsp3) is 1.00. The van der Waals surface area contributed by atoms with Crippen molar-refractivity contribution >= 4 is 16.1 Å². The first kappa shape index (κ1) is 119. The second-order valence-electron chi connectivity index (χ2n) is 12.7. The van der Waals surface area contributed by atoms with Crippen molar-refractivity contribution in [3.05, 3.63) is 0 Å². The molecule has 0 saturated heterocycles. The summed E-state index contributed by atoms with van der Waals surface area (Å²) in [6.07, 6.45) is 1.25. The molecule has 0 radical (unpaired) electrons. The normalized spacial score (nSPS) is 7.30. The maximum atomic E-state index is 2.33. The number of hydrogen-bond acceptors (Lipinski definition) is 0. The highest BCUT2D eigenvalue weighted by atomic mass is 28.3. The molecule has 0 aromatic heterocycles. The maximum Gasteiger partial charge on any atom is 0.0411 e. The quantitative estimate of drug-likeness (QED) is 0.248. The summed E-state index contributed by atoms with van der Waals surface area (Å²) in [5.74, 6) is 0. The molecule has 256 valence electrons. The van der Waals surface area contributed by atoms with Crippen molar-refractivity contribution in [3.8, 4) is 0 Å². The molecule has 0 aromatic rings. The lowest BCUT2D eigenvalue weighted by Crippen LogP contribution is -2.10. The van der Waals surface area contributed by atoms with E-state index in [9.17, 15) is 0 Å². The molecule has 0 aromatic carbocycles. The van der Waals surface area contributed by atoms with E-state index in [1.165, 1.54) is 6.42 Å². The second-order valence-corrected chi connectivity index (χ2v) is 24.7. The average molecular weight is 585 g/mol. The van der Waals surface area contributed by atoms with Gasteiger partial charge in [-0.15, -0.1) is 0 Å². The zero-order valence-corrected chi connectivity index (χ0v) is 26.7. The van der Waals surface area contributed by atoms with E-state index in [2.05, 4.69) is 122 Å². The molecule has 0 atom stereocenters. The van der Waals surface area contributed by atoms with Crippen LogP contribution in [-0.4, -0.2) is 16.1 Å². The minimum atomic E-state index is -0.611. The van der Waals surface area contributed by atoms with Crippen LogP contribution in [0.4, 0.5) is 0 Å². The molecule has 0 N–H and O–H groups in total. The van der Waals surface area contributed by atoms with Gasteiger partial charge >= 0.3 is 0 Å². The molecule has 0 aliphatic carbocycles. The predicted molar refractivity (Wildman–Crippen MR) is 215 cm³/mol. The Balaban J connectivity index is -0.00000000821. The monoisotopic (exact) mass is 585 g/mol. The van der Waals surface area contributed by atoms with Gasteiger partial charge in [0.05, 0.1) is 0 Å². The van der Waals surface area contributed by atoms with Gasteiger partial charge < -0.3 is 0 Å². The van der Waals surface area contributed by atoms with Gasteiger partial charge in [0.2, 0.25) is 0 Å². The highest BCUT2D eigenvalue weighted by Gasteiger charge is 1.99. The molecular formula is C35H108Si2. The molecule has 0 aliphatic heterocycles. The van der Waals surface area contributed by atoms with Gasteiger partial charge in [0.15, 0.2) is 0 Å². The molecule has 0 aliphatic rings. The fourth-order valence-corrected chi connectivity index (χ4v) is 0. The smallest absolute Gasteiger partial charge is 0.0411 e. The van der Waals surface area contributed by atoms with Gasteiger partial charge in [-0.3, -0.25) is 0 Å². The lowest BCUT2D eigenvalue weighted by Gasteiger charge is -2.05. The summed E-state index contributed by atoms with van der Waals surface area (Å²) < 4.78 is 0. The summed E-state index contributed by atoms with van der Waals surface area (Å²) in [5.41, 5.74) is 1.00. The summed E-state index contributed by atoms with van der Waals surface area (Å²) in [6.45, 7) is 48.4. The van der Waals surface area contributed by atoms with E-state index in [1.54, 1.807) is 0 Å². The van der Waals surface area contributed by atoms with Crippen molar-refractivity contribution in [2.45, 2.75) is 230 Å². The number of hydrogen-bond donors (Lipinski definition) is 0. The summed E-state index contributed by atoms with van der Waals surface area (Å²) in [5, 5.41) is 0. The zero-order valence-electron chi connectivity index (χ0n) is 24.7. The highest BCUT2D eigenvalue weighted by Crippen LogP contribution is 2.08. The van der Waals surface area contributed by atoms with E-state index in [4.69, 9.17) is 0 Å². The van der Waals surface area contributed by atoms with Crippen LogP contribution in [0.3, 0.4) is 0 Å². The van der Waals surface area contributed by atoms with Crippen LogP contribution in [0.2, 0.25) is 52.4 Å². The van der Waals surface area contributed by atoms with E-state index in [0.717, 1.165) is 0 Å². The van der Waals surface area contributed by atoms with Crippen molar-refractivity contribution in [1.82, 2.24) is 0 Å². The van der Waals surface area contributed by atoms with Crippen molar-refractivity contribution in [1.29, 1.82) is 0 Å². The van der Waals surface area contributed by atoms with Gasteiger partial charge in [0, 0.05) is 16.1 Å². The molecule has 0 amide bonds. The van der Waals surface area contributed by atoms with Crippen LogP contribution in [0.25, 0.3) is 0 Å². The van der Waals surface area contributed by atoms with Crippen LogP contribution in [0.5, 0.6) is 0 Å². The Morgan fingerprint density at radius 2 is 0.324 bits per heavy atom. The Bertz CT molecular complexity index is 133. The average Bonchev–Trinajstić information content (AvgIpc) is 2.25. The third-order valence-corrected chi connectivity index (χ3v) is 0. The molecule has 0 unspecified atom stereocenters. The molecule has 37 heavy (non-hydrogen) atoms. The van der Waals surface area contributed by atoms with Gasteiger partial charge in [0.25, 0.3) is 0 Å². The Kier molecular flexibility index (Phi) is 227. The molecule has 0 nitrogen and oxygen atoms in total.